The molecular formula is C11H21N3O3S. The fourth-order valence-corrected chi connectivity index (χ4v) is 2.93. The number of hydrogen-bond acceptors (Lipinski definition) is 4. The Hall–Kier alpha value is -0.950. The van der Waals surface area contributed by atoms with E-state index >= 15 is 0 Å². The predicted molar refractivity (Wildman–Crippen MR) is 72.0 cm³/mol. The van der Waals surface area contributed by atoms with Crippen molar-refractivity contribution in [2.45, 2.75) is 12.5 Å². The first-order valence-electron chi connectivity index (χ1n) is 6.02. The average Bonchev–Trinajstić information content (AvgIpc) is 2.35. The lowest BCUT2D eigenvalue weighted by atomic mass is 10.2. The van der Waals surface area contributed by atoms with Crippen molar-refractivity contribution in [1.82, 2.24) is 15.1 Å². The lowest BCUT2D eigenvalue weighted by Crippen LogP contribution is -2.52. The van der Waals surface area contributed by atoms with Crippen LogP contribution < -0.4 is 5.32 Å². The molecule has 1 rings (SSSR count). The molecule has 1 aliphatic heterocycles. The number of carboxylic acids is 1. The summed E-state index contributed by atoms with van der Waals surface area (Å²) in [6.07, 6.45) is 0.0264. The minimum atomic E-state index is -0.849. The normalized spacial score (nSPS) is 19.7. The highest BCUT2D eigenvalue weighted by molar-refractivity contribution is 7.99. The van der Waals surface area contributed by atoms with Gasteiger partial charge in [-0.1, -0.05) is 0 Å². The fraction of sp³-hybridized carbons (Fsp3) is 0.818. The first-order chi connectivity index (χ1) is 8.56. The molecule has 1 saturated heterocycles. The van der Waals surface area contributed by atoms with Crippen molar-refractivity contribution in [3.05, 3.63) is 0 Å². The van der Waals surface area contributed by atoms with E-state index in [1.165, 1.54) is 0 Å². The summed E-state index contributed by atoms with van der Waals surface area (Å²) in [7, 11) is 3.59. The Kier molecular flexibility index (Phi) is 6.28. The van der Waals surface area contributed by atoms with Crippen LogP contribution in [0.4, 0.5) is 4.79 Å². The zero-order valence-corrected chi connectivity index (χ0v) is 11.7. The number of carbonyl (C=O) groups is 2. The minimum absolute atomic E-state index is 0.0264. The van der Waals surface area contributed by atoms with Gasteiger partial charge in [0, 0.05) is 38.2 Å². The highest BCUT2D eigenvalue weighted by atomic mass is 32.2. The molecule has 1 unspecified atom stereocenters. The molecule has 1 atom stereocenters. The summed E-state index contributed by atoms with van der Waals surface area (Å²) >= 11 is 1.71. The second-order valence-electron chi connectivity index (χ2n) is 4.33. The Morgan fingerprint density at radius 2 is 2.28 bits per heavy atom. The SMILES string of the molecule is CNCCN(C)C(=O)N1CCSCC1CC(=O)O. The molecule has 0 spiro atoms. The Morgan fingerprint density at radius 3 is 2.89 bits per heavy atom. The van der Waals surface area contributed by atoms with E-state index in [0.29, 0.717) is 18.8 Å². The molecule has 2 amide bonds. The van der Waals surface area contributed by atoms with Crippen molar-refractivity contribution in [1.29, 1.82) is 0 Å². The lowest BCUT2D eigenvalue weighted by molar-refractivity contribution is -0.138. The monoisotopic (exact) mass is 275 g/mol. The number of aliphatic carboxylic acids is 1. The fourth-order valence-electron chi connectivity index (χ4n) is 1.87. The number of carbonyl (C=O) groups excluding carboxylic acids is 1. The Morgan fingerprint density at radius 1 is 1.56 bits per heavy atom. The molecule has 1 fully saturated rings. The van der Waals surface area contributed by atoms with Crippen LogP contribution in [0.5, 0.6) is 0 Å². The number of amides is 2. The highest BCUT2D eigenvalue weighted by Crippen LogP contribution is 2.20. The number of likely N-dealkylation sites (N-methyl/N-ethyl adjacent to an activating group) is 2. The number of nitrogens with one attached hydrogen (secondary N) is 1. The van der Waals surface area contributed by atoms with E-state index in [9.17, 15) is 9.59 Å². The largest absolute Gasteiger partial charge is 0.481 e. The van der Waals surface area contributed by atoms with Gasteiger partial charge in [-0.3, -0.25) is 4.79 Å². The van der Waals surface area contributed by atoms with Crippen molar-refractivity contribution in [3.8, 4) is 0 Å². The molecule has 0 aromatic rings. The molecule has 7 heteroatoms. The molecule has 1 aliphatic rings. The molecular weight excluding hydrogens is 254 g/mol. The van der Waals surface area contributed by atoms with Crippen LogP contribution in [0.2, 0.25) is 0 Å². The van der Waals surface area contributed by atoms with Crippen LogP contribution in [0.15, 0.2) is 0 Å². The zero-order valence-electron chi connectivity index (χ0n) is 10.9. The maximum absolute atomic E-state index is 12.2. The maximum Gasteiger partial charge on any atom is 0.320 e. The van der Waals surface area contributed by atoms with Crippen LogP contribution in [-0.2, 0) is 4.79 Å². The Bertz CT molecular complexity index is 301. The zero-order chi connectivity index (χ0) is 13.5. The Labute approximate surface area is 112 Å². The van der Waals surface area contributed by atoms with Gasteiger partial charge in [0.25, 0.3) is 0 Å². The first kappa shape index (κ1) is 15.1. The third-order valence-corrected chi connectivity index (χ3v) is 4.00. The number of nitrogens with zero attached hydrogens (tertiary/aromatic N) is 2. The van der Waals surface area contributed by atoms with Gasteiger partial charge < -0.3 is 20.2 Å². The number of hydrogen-bond donors (Lipinski definition) is 2. The maximum atomic E-state index is 12.2. The van der Waals surface area contributed by atoms with Crippen LogP contribution in [0.25, 0.3) is 0 Å². The molecule has 0 radical (unpaired) electrons. The smallest absolute Gasteiger partial charge is 0.320 e. The van der Waals surface area contributed by atoms with Crippen molar-refractivity contribution in [3.63, 3.8) is 0 Å². The third kappa shape index (κ3) is 4.38. The summed E-state index contributed by atoms with van der Waals surface area (Å²) in [5.41, 5.74) is 0. The van der Waals surface area contributed by atoms with Crippen LogP contribution in [0.1, 0.15) is 6.42 Å². The summed E-state index contributed by atoms with van der Waals surface area (Å²) < 4.78 is 0. The molecule has 0 saturated carbocycles. The van der Waals surface area contributed by atoms with Gasteiger partial charge in [-0.15, -0.1) is 0 Å². The van der Waals surface area contributed by atoms with Gasteiger partial charge in [-0.25, -0.2) is 4.79 Å². The van der Waals surface area contributed by atoms with Crippen molar-refractivity contribution >= 4 is 23.8 Å². The average molecular weight is 275 g/mol. The van der Waals surface area contributed by atoms with Gasteiger partial charge in [0.15, 0.2) is 0 Å². The van der Waals surface area contributed by atoms with E-state index in [1.807, 2.05) is 7.05 Å². The number of urea groups is 1. The van der Waals surface area contributed by atoms with Crippen LogP contribution >= 0.6 is 11.8 Å². The number of thioether (sulfide) groups is 1. The van der Waals surface area contributed by atoms with Gasteiger partial charge in [0.1, 0.15) is 0 Å². The van der Waals surface area contributed by atoms with Crippen LogP contribution in [-0.4, -0.2) is 78.2 Å². The van der Waals surface area contributed by atoms with Crippen LogP contribution in [0.3, 0.4) is 0 Å². The predicted octanol–water partition coefficient (Wildman–Crippen LogP) is 0.150. The molecule has 6 nitrogen and oxygen atoms in total. The summed E-state index contributed by atoms with van der Waals surface area (Å²) in [5.74, 6) is 0.734. The van der Waals surface area contributed by atoms with E-state index in [-0.39, 0.29) is 18.5 Å². The number of rotatable bonds is 5. The molecule has 0 aromatic carbocycles. The lowest BCUT2D eigenvalue weighted by Gasteiger charge is -2.37. The molecule has 18 heavy (non-hydrogen) atoms. The molecule has 0 bridgehead atoms. The summed E-state index contributed by atoms with van der Waals surface area (Å²) in [6, 6.07) is -0.261. The van der Waals surface area contributed by atoms with Crippen molar-refractivity contribution < 1.29 is 14.7 Å². The topological polar surface area (TPSA) is 72.9 Å². The standard InChI is InChI=1S/C11H21N3O3S/c1-12-3-4-13(2)11(17)14-5-6-18-8-9(14)7-10(15)16/h9,12H,3-8H2,1-2H3,(H,15,16). The van der Waals surface area contributed by atoms with Gasteiger partial charge in [-0.2, -0.15) is 11.8 Å². The van der Waals surface area contributed by atoms with Gasteiger partial charge in [-0.05, 0) is 7.05 Å². The van der Waals surface area contributed by atoms with Gasteiger partial charge in [0.2, 0.25) is 0 Å². The Balaban J connectivity index is 2.58. The summed E-state index contributed by atoms with van der Waals surface area (Å²) in [6.45, 7) is 1.98. The van der Waals surface area contributed by atoms with E-state index in [2.05, 4.69) is 5.32 Å². The van der Waals surface area contributed by atoms with E-state index in [4.69, 9.17) is 5.11 Å². The molecule has 0 aromatic heterocycles. The molecule has 1 heterocycles. The van der Waals surface area contributed by atoms with Gasteiger partial charge >= 0.3 is 12.0 Å². The first-order valence-corrected chi connectivity index (χ1v) is 7.17. The number of carboxylic acid groups (broad SMARTS) is 1. The van der Waals surface area contributed by atoms with E-state index in [1.54, 1.807) is 28.6 Å². The molecule has 2 N–H and O–H groups in total. The van der Waals surface area contributed by atoms with Crippen LogP contribution in [0, 0.1) is 0 Å². The highest BCUT2D eigenvalue weighted by Gasteiger charge is 2.30. The van der Waals surface area contributed by atoms with Crippen molar-refractivity contribution in [2.75, 3.05) is 45.2 Å². The molecule has 0 aliphatic carbocycles. The van der Waals surface area contributed by atoms with E-state index in [0.717, 1.165) is 12.3 Å². The van der Waals surface area contributed by atoms with Gasteiger partial charge in [0.05, 0.1) is 12.5 Å². The summed E-state index contributed by atoms with van der Waals surface area (Å²) in [4.78, 5) is 26.4. The second-order valence-corrected chi connectivity index (χ2v) is 5.48. The quantitative estimate of drug-likeness (QED) is 0.747. The van der Waals surface area contributed by atoms with Crippen molar-refractivity contribution in [2.24, 2.45) is 0 Å². The molecule has 104 valence electrons. The minimum Gasteiger partial charge on any atom is -0.481 e. The third-order valence-electron chi connectivity index (χ3n) is 2.91. The van der Waals surface area contributed by atoms with E-state index < -0.39 is 5.97 Å². The summed E-state index contributed by atoms with van der Waals surface area (Å²) in [5, 5.41) is 11.9. The second kappa shape index (κ2) is 7.48.